The Balaban J connectivity index is 1.23. The number of aromatic nitrogens is 1. The van der Waals surface area contributed by atoms with E-state index in [9.17, 15) is 9.59 Å². The average Bonchev–Trinajstić information content (AvgIpc) is 3.32. The van der Waals surface area contributed by atoms with Crippen molar-refractivity contribution in [3.05, 3.63) is 59.4 Å². The Kier molecular flexibility index (Phi) is 5.26. The number of anilines is 1. The number of rotatable bonds is 4. The number of likely N-dealkylation sites (tertiary alicyclic amines) is 2. The maximum Gasteiger partial charge on any atom is 0.241 e. The molecule has 0 saturated carbocycles. The van der Waals surface area contributed by atoms with Crippen LogP contribution >= 0.6 is 0 Å². The summed E-state index contributed by atoms with van der Waals surface area (Å²) in [5.41, 5.74) is 4.18. The lowest BCUT2D eigenvalue weighted by Crippen LogP contribution is -2.43. The lowest BCUT2D eigenvalue weighted by molar-refractivity contribution is -0.136. The van der Waals surface area contributed by atoms with E-state index in [0.717, 1.165) is 56.7 Å². The monoisotopic (exact) mass is 418 g/mol. The van der Waals surface area contributed by atoms with Gasteiger partial charge >= 0.3 is 0 Å². The van der Waals surface area contributed by atoms with E-state index in [1.165, 1.54) is 11.1 Å². The highest BCUT2D eigenvalue weighted by Gasteiger charge is 2.50. The van der Waals surface area contributed by atoms with Crippen molar-refractivity contribution in [1.29, 1.82) is 0 Å². The number of benzene rings is 1. The molecule has 4 heterocycles. The zero-order chi connectivity index (χ0) is 21.4. The van der Waals surface area contributed by atoms with Gasteiger partial charge in [0.1, 0.15) is 0 Å². The molecule has 0 bridgehead atoms. The summed E-state index contributed by atoms with van der Waals surface area (Å²) in [5, 5.41) is 0. The van der Waals surface area contributed by atoms with Crippen LogP contribution in [-0.2, 0) is 22.6 Å². The summed E-state index contributed by atoms with van der Waals surface area (Å²) in [7, 11) is 0. The first kappa shape index (κ1) is 20.2. The van der Waals surface area contributed by atoms with Crippen molar-refractivity contribution in [3.63, 3.8) is 0 Å². The minimum atomic E-state index is -0.327. The van der Waals surface area contributed by atoms with Crippen LogP contribution in [0.4, 0.5) is 5.69 Å². The van der Waals surface area contributed by atoms with Gasteiger partial charge in [0, 0.05) is 31.5 Å². The molecule has 0 radical (unpaired) electrons. The smallest absolute Gasteiger partial charge is 0.241 e. The Morgan fingerprint density at radius 2 is 2.00 bits per heavy atom. The maximum atomic E-state index is 13.2. The zero-order valence-corrected chi connectivity index (χ0v) is 18.2. The van der Waals surface area contributed by atoms with Gasteiger partial charge in [-0.2, -0.15) is 0 Å². The van der Waals surface area contributed by atoms with E-state index in [1.807, 2.05) is 28.0 Å². The van der Waals surface area contributed by atoms with Gasteiger partial charge in [-0.15, -0.1) is 0 Å². The first-order chi connectivity index (χ1) is 15.0. The first-order valence-corrected chi connectivity index (χ1v) is 11.4. The SMILES string of the molecule is Cc1ccc2c(c1)CCCN2C(=O)CN1CCC2(CCN(Cc3ccccn3)C2=O)C1. The molecule has 1 aromatic carbocycles. The van der Waals surface area contributed by atoms with Gasteiger partial charge in [-0.25, -0.2) is 0 Å². The summed E-state index contributed by atoms with van der Waals surface area (Å²) in [4.78, 5) is 36.9. The standard InChI is InChI=1S/C25H30N4O2/c1-19-7-8-22-20(15-19)5-4-12-29(22)23(30)17-27-13-9-25(18-27)10-14-28(24(25)31)16-21-6-2-3-11-26-21/h2-3,6-8,11,15H,4-5,9-10,12-14,16-18H2,1H3. The number of hydrogen-bond acceptors (Lipinski definition) is 4. The van der Waals surface area contributed by atoms with E-state index in [2.05, 4.69) is 35.0 Å². The average molecular weight is 419 g/mol. The summed E-state index contributed by atoms with van der Waals surface area (Å²) in [6.07, 6.45) is 5.53. The molecule has 1 unspecified atom stereocenters. The predicted octanol–water partition coefficient (Wildman–Crippen LogP) is 2.79. The van der Waals surface area contributed by atoms with Crippen LogP contribution in [0.25, 0.3) is 0 Å². The first-order valence-electron chi connectivity index (χ1n) is 11.4. The van der Waals surface area contributed by atoms with Crippen LogP contribution in [0.1, 0.15) is 36.1 Å². The van der Waals surface area contributed by atoms with Crippen molar-refractivity contribution < 1.29 is 9.59 Å². The fourth-order valence-corrected chi connectivity index (χ4v) is 5.46. The van der Waals surface area contributed by atoms with E-state index >= 15 is 0 Å². The third kappa shape index (κ3) is 3.85. The molecule has 2 aromatic rings. The molecule has 2 saturated heterocycles. The van der Waals surface area contributed by atoms with E-state index in [0.29, 0.717) is 19.6 Å². The molecule has 3 aliphatic rings. The second-order valence-electron chi connectivity index (χ2n) is 9.32. The molecule has 1 spiro atoms. The Morgan fingerprint density at radius 3 is 2.84 bits per heavy atom. The molecule has 1 atom stereocenters. The van der Waals surface area contributed by atoms with Gasteiger partial charge in [0.05, 0.1) is 24.2 Å². The molecule has 5 rings (SSSR count). The van der Waals surface area contributed by atoms with Gasteiger partial charge in [-0.3, -0.25) is 19.5 Å². The van der Waals surface area contributed by atoms with Crippen LogP contribution in [0.2, 0.25) is 0 Å². The number of carbonyl (C=O) groups is 2. The van der Waals surface area contributed by atoms with Gasteiger partial charge in [0.25, 0.3) is 0 Å². The van der Waals surface area contributed by atoms with E-state index in [1.54, 1.807) is 6.20 Å². The topological polar surface area (TPSA) is 56.8 Å². The number of nitrogens with zero attached hydrogens (tertiary/aromatic N) is 4. The van der Waals surface area contributed by atoms with Crippen LogP contribution in [0.3, 0.4) is 0 Å². The highest BCUT2D eigenvalue weighted by Crippen LogP contribution is 2.41. The van der Waals surface area contributed by atoms with Crippen LogP contribution in [0, 0.1) is 12.3 Å². The fourth-order valence-electron chi connectivity index (χ4n) is 5.46. The fraction of sp³-hybridized carbons (Fsp3) is 0.480. The minimum absolute atomic E-state index is 0.151. The molecular weight excluding hydrogens is 388 g/mol. The van der Waals surface area contributed by atoms with Crippen molar-refractivity contribution in [1.82, 2.24) is 14.8 Å². The maximum absolute atomic E-state index is 13.2. The van der Waals surface area contributed by atoms with Crippen LogP contribution < -0.4 is 4.90 Å². The Bertz CT molecular complexity index is 992. The number of carbonyl (C=O) groups excluding carboxylic acids is 2. The van der Waals surface area contributed by atoms with E-state index in [-0.39, 0.29) is 17.2 Å². The third-order valence-electron chi connectivity index (χ3n) is 7.13. The van der Waals surface area contributed by atoms with Crippen molar-refractivity contribution >= 4 is 17.5 Å². The van der Waals surface area contributed by atoms with Crippen LogP contribution in [-0.4, -0.2) is 59.3 Å². The number of pyridine rings is 1. The summed E-state index contributed by atoms with van der Waals surface area (Å²) in [5.74, 6) is 0.379. The largest absolute Gasteiger partial charge is 0.336 e. The second-order valence-corrected chi connectivity index (χ2v) is 9.32. The number of amides is 2. The van der Waals surface area contributed by atoms with Crippen molar-refractivity contribution in [2.24, 2.45) is 5.41 Å². The van der Waals surface area contributed by atoms with Gasteiger partial charge < -0.3 is 9.80 Å². The van der Waals surface area contributed by atoms with E-state index < -0.39 is 0 Å². The van der Waals surface area contributed by atoms with Crippen LogP contribution in [0.15, 0.2) is 42.6 Å². The predicted molar refractivity (Wildman–Crippen MR) is 120 cm³/mol. The third-order valence-corrected chi connectivity index (χ3v) is 7.13. The quantitative estimate of drug-likeness (QED) is 0.766. The number of hydrogen-bond donors (Lipinski definition) is 0. The Labute approximate surface area is 183 Å². The molecule has 3 aliphatic heterocycles. The number of fused-ring (bicyclic) bond motifs is 1. The molecule has 31 heavy (non-hydrogen) atoms. The highest BCUT2D eigenvalue weighted by molar-refractivity contribution is 5.96. The second kappa shape index (κ2) is 8.08. The molecule has 2 amide bonds. The Morgan fingerprint density at radius 1 is 1.13 bits per heavy atom. The number of aryl methyl sites for hydroxylation is 2. The van der Waals surface area contributed by atoms with Gasteiger partial charge in [-0.05, 0) is 62.9 Å². The summed E-state index contributed by atoms with van der Waals surface area (Å²) < 4.78 is 0. The van der Waals surface area contributed by atoms with Crippen molar-refractivity contribution in [3.8, 4) is 0 Å². The van der Waals surface area contributed by atoms with E-state index in [4.69, 9.17) is 0 Å². The minimum Gasteiger partial charge on any atom is -0.336 e. The lowest BCUT2D eigenvalue weighted by Gasteiger charge is -2.31. The molecule has 162 valence electrons. The molecule has 2 fully saturated rings. The molecular formula is C25H30N4O2. The molecule has 0 aliphatic carbocycles. The molecule has 6 heteroatoms. The molecule has 6 nitrogen and oxygen atoms in total. The van der Waals surface area contributed by atoms with Crippen molar-refractivity contribution in [2.45, 2.75) is 39.2 Å². The lowest BCUT2D eigenvalue weighted by atomic mass is 9.85. The Hall–Kier alpha value is -2.73. The van der Waals surface area contributed by atoms with Gasteiger partial charge in [-0.1, -0.05) is 23.8 Å². The van der Waals surface area contributed by atoms with Crippen LogP contribution in [0.5, 0.6) is 0 Å². The summed E-state index contributed by atoms with van der Waals surface area (Å²) in [6, 6.07) is 12.2. The van der Waals surface area contributed by atoms with Crippen molar-refractivity contribution in [2.75, 3.05) is 37.6 Å². The van der Waals surface area contributed by atoms with Gasteiger partial charge in [0.2, 0.25) is 11.8 Å². The highest BCUT2D eigenvalue weighted by atomic mass is 16.2. The molecule has 1 aromatic heterocycles. The normalized spacial score (nSPS) is 23.6. The zero-order valence-electron chi connectivity index (χ0n) is 18.2. The molecule has 0 N–H and O–H groups in total. The van der Waals surface area contributed by atoms with Gasteiger partial charge in [0.15, 0.2) is 0 Å². The summed E-state index contributed by atoms with van der Waals surface area (Å²) >= 11 is 0. The summed E-state index contributed by atoms with van der Waals surface area (Å²) in [6.45, 7) is 6.11.